The number of fused-ring (bicyclic) bond motifs is 4. The van der Waals surface area contributed by atoms with E-state index < -0.39 is 18.3 Å². The molecule has 242 valence electrons. The van der Waals surface area contributed by atoms with Crippen LogP contribution in [0.15, 0.2) is 119 Å². The normalized spacial score (nSPS) is 14.3. The van der Waals surface area contributed by atoms with Crippen LogP contribution in [0.3, 0.4) is 0 Å². The van der Waals surface area contributed by atoms with E-state index in [-0.39, 0.29) is 35.6 Å². The minimum atomic E-state index is -5.04. The van der Waals surface area contributed by atoms with Crippen molar-refractivity contribution >= 4 is 61.2 Å². The fourth-order valence-corrected chi connectivity index (χ4v) is 25.8. The number of hydrogen-bond acceptors (Lipinski definition) is 0. The van der Waals surface area contributed by atoms with Crippen molar-refractivity contribution in [2.24, 2.45) is 0 Å². The molecule has 0 nitrogen and oxygen atoms in total. The number of rotatable bonds is 4. The SMILES string of the molecule is Cl.Cl.[CH2]=[Zr]([C]1=CC=CC1)([c]1ccc(Cl)cc1)([c]1c(C(C)(C)C)ccc2c1Cc1cc(C(C)(C)C)ccc1-2)[c]1cccc2ccccc12. The summed E-state index contributed by atoms with van der Waals surface area (Å²) in [5.74, 6) is 0. The van der Waals surface area contributed by atoms with Crippen LogP contribution in [-0.4, -0.2) is 4.21 Å². The molecule has 0 radical (unpaired) electrons. The molecule has 0 spiro atoms. The van der Waals surface area contributed by atoms with Gasteiger partial charge in [-0.05, 0) is 0 Å². The molecule has 2 aliphatic carbocycles. The van der Waals surface area contributed by atoms with Crippen LogP contribution < -0.4 is 9.81 Å². The van der Waals surface area contributed by atoms with Gasteiger partial charge in [0.15, 0.2) is 0 Å². The molecule has 0 saturated heterocycles. The number of hydrogen-bond donors (Lipinski definition) is 0. The molecular formula is C43H45Cl3Zr. The second kappa shape index (κ2) is 12.4. The number of allylic oxidation sites excluding steroid dienone is 4. The molecule has 0 heterocycles. The van der Waals surface area contributed by atoms with Gasteiger partial charge in [0.25, 0.3) is 0 Å². The van der Waals surface area contributed by atoms with E-state index in [0.29, 0.717) is 0 Å². The summed E-state index contributed by atoms with van der Waals surface area (Å²) in [5, 5.41) is 3.34. The second-order valence-electron chi connectivity index (χ2n) is 15.4. The first-order valence-electron chi connectivity index (χ1n) is 16.3. The molecule has 0 aliphatic heterocycles. The Morgan fingerprint density at radius 1 is 0.723 bits per heavy atom. The molecule has 5 aromatic carbocycles. The molecule has 0 unspecified atom stereocenters. The number of halogens is 3. The summed E-state index contributed by atoms with van der Waals surface area (Å²) in [6.07, 6.45) is 8.85. The van der Waals surface area contributed by atoms with Crippen molar-refractivity contribution in [1.82, 2.24) is 0 Å². The van der Waals surface area contributed by atoms with Crippen molar-refractivity contribution in [1.29, 1.82) is 0 Å². The Morgan fingerprint density at radius 3 is 2.06 bits per heavy atom. The summed E-state index contributed by atoms with van der Waals surface area (Å²) in [5.41, 5.74) is 8.45. The molecule has 47 heavy (non-hydrogen) atoms. The topological polar surface area (TPSA) is 0 Å². The van der Waals surface area contributed by atoms with Crippen LogP contribution in [0.25, 0.3) is 21.9 Å². The summed E-state index contributed by atoms with van der Waals surface area (Å²) in [6, 6.07) is 36.7. The van der Waals surface area contributed by atoms with Crippen LogP contribution in [0.2, 0.25) is 5.02 Å². The molecule has 5 aromatic rings. The van der Waals surface area contributed by atoms with E-state index in [9.17, 15) is 0 Å². The van der Waals surface area contributed by atoms with Gasteiger partial charge in [-0.15, -0.1) is 24.8 Å². The zero-order valence-corrected chi connectivity index (χ0v) is 33.1. The van der Waals surface area contributed by atoms with E-state index in [4.69, 9.17) is 15.8 Å². The van der Waals surface area contributed by atoms with Gasteiger partial charge in [-0.3, -0.25) is 0 Å². The predicted molar refractivity (Wildman–Crippen MR) is 210 cm³/mol. The third-order valence-electron chi connectivity index (χ3n) is 10.6. The van der Waals surface area contributed by atoms with Gasteiger partial charge in [0.05, 0.1) is 0 Å². The molecule has 4 heteroatoms. The molecule has 0 amide bonds. The summed E-state index contributed by atoms with van der Waals surface area (Å²) in [7, 11) is 0. The van der Waals surface area contributed by atoms with E-state index in [1.807, 2.05) is 0 Å². The van der Waals surface area contributed by atoms with Gasteiger partial charge >= 0.3 is 277 Å². The Morgan fingerprint density at radius 2 is 1.40 bits per heavy atom. The standard InChI is InChI=1S/C21H25.C10H7.C6H4Cl.C5H5.CH2.2ClH.Zr/c1-20(2,3)16-7-9-18-14(12-16)11-15-13-17(21(4,5)6)8-10-19(15)18;1-2-6-10-8-4-3-7-9(10)5-1;7-6-4-2-1-3-5-6;1-2-4-5-3-1;;;;/h7-10,12H,11H2,1-6H3;1-7H;2-5H;1-3H,4H2;1H2;2*1H;. The first-order chi connectivity index (χ1) is 21.3. The van der Waals surface area contributed by atoms with Crippen LogP contribution in [0, 0.1) is 0 Å². The van der Waals surface area contributed by atoms with Crippen molar-refractivity contribution < 1.29 is 18.3 Å². The van der Waals surface area contributed by atoms with Gasteiger partial charge in [-0.2, -0.15) is 0 Å². The van der Waals surface area contributed by atoms with Crippen molar-refractivity contribution in [2.75, 3.05) is 0 Å². The van der Waals surface area contributed by atoms with Crippen LogP contribution >= 0.6 is 36.4 Å². The van der Waals surface area contributed by atoms with Gasteiger partial charge in [0, 0.05) is 0 Å². The molecule has 2 aliphatic rings. The van der Waals surface area contributed by atoms with Gasteiger partial charge in [0.2, 0.25) is 0 Å². The monoisotopic (exact) mass is 756 g/mol. The quantitative estimate of drug-likeness (QED) is 0.168. The predicted octanol–water partition coefficient (Wildman–Crippen LogP) is 10.7. The van der Waals surface area contributed by atoms with Gasteiger partial charge in [-0.25, -0.2) is 0 Å². The van der Waals surface area contributed by atoms with Crippen molar-refractivity contribution in [3.05, 3.63) is 146 Å². The van der Waals surface area contributed by atoms with E-state index >= 15 is 0 Å². The van der Waals surface area contributed by atoms with Crippen molar-refractivity contribution in [3.8, 4) is 11.1 Å². The minimum absolute atomic E-state index is 0. The van der Waals surface area contributed by atoms with E-state index in [1.54, 1.807) is 0 Å². The summed E-state index contributed by atoms with van der Waals surface area (Å²) >= 11 is 1.60. The average Bonchev–Trinajstić information content (AvgIpc) is 3.68. The summed E-state index contributed by atoms with van der Waals surface area (Å²) in [6.45, 7) is 14.1. The maximum atomic E-state index is 6.64. The number of benzene rings is 5. The molecule has 0 N–H and O–H groups in total. The zero-order valence-electron chi connectivity index (χ0n) is 28.3. The van der Waals surface area contributed by atoms with Crippen molar-refractivity contribution in [2.45, 2.75) is 65.2 Å². The molecule has 0 atom stereocenters. The van der Waals surface area contributed by atoms with Crippen LogP contribution in [0.5, 0.6) is 0 Å². The first-order valence-corrected chi connectivity index (χ1v) is 23.3. The van der Waals surface area contributed by atoms with E-state index in [0.717, 1.165) is 17.9 Å². The Kier molecular flexibility index (Phi) is 9.44. The third kappa shape index (κ3) is 5.42. The summed E-state index contributed by atoms with van der Waals surface area (Å²) in [4.78, 5) is 0. The van der Waals surface area contributed by atoms with Gasteiger partial charge in [0.1, 0.15) is 0 Å². The molecule has 0 bridgehead atoms. The van der Waals surface area contributed by atoms with Gasteiger partial charge < -0.3 is 0 Å². The molecule has 0 saturated carbocycles. The Hall–Kier alpha value is -2.54. The molecule has 0 fully saturated rings. The van der Waals surface area contributed by atoms with Crippen LogP contribution in [0.1, 0.15) is 70.2 Å². The van der Waals surface area contributed by atoms with E-state index in [1.165, 1.54) is 57.2 Å². The average molecular weight is 759 g/mol. The third-order valence-corrected chi connectivity index (χ3v) is 27.4. The van der Waals surface area contributed by atoms with Gasteiger partial charge in [-0.1, -0.05) is 0 Å². The maximum absolute atomic E-state index is 6.64. The van der Waals surface area contributed by atoms with Crippen LogP contribution in [-0.2, 0) is 35.5 Å². The van der Waals surface area contributed by atoms with Crippen LogP contribution in [0.4, 0.5) is 0 Å². The second-order valence-corrected chi connectivity index (χ2v) is 28.5. The first kappa shape index (κ1) is 35.8. The fourth-order valence-electron chi connectivity index (χ4n) is 8.33. The van der Waals surface area contributed by atoms with E-state index in [2.05, 4.69) is 157 Å². The zero-order chi connectivity index (χ0) is 31.8. The Balaban J connectivity index is 0.00000217. The molecule has 7 rings (SSSR count). The van der Waals surface area contributed by atoms with Crippen molar-refractivity contribution in [3.63, 3.8) is 0 Å². The Bertz CT molecular complexity index is 2130. The molecular weight excluding hydrogens is 714 g/mol. The summed E-state index contributed by atoms with van der Waals surface area (Å²) < 4.78 is 11.6. The molecule has 0 aromatic heterocycles. The Labute approximate surface area is 299 Å². The fraction of sp³-hybridized carbons (Fsp3) is 0.233.